The van der Waals surface area contributed by atoms with Crippen LogP contribution in [-0.2, 0) is 0 Å². The van der Waals surface area contributed by atoms with E-state index in [0.29, 0.717) is 16.9 Å². The standard InChI is InChI=1S/C15H17FO2/c1-8-7-12(5-6-13(8)16)15(17)14-9(2)10(3)18-11(14)4/h5-7,15,17H,1-4H3. The molecule has 0 saturated carbocycles. The first-order valence-electron chi connectivity index (χ1n) is 5.92. The number of aliphatic hydroxyl groups excluding tert-OH is 1. The molecule has 0 radical (unpaired) electrons. The summed E-state index contributed by atoms with van der Waals surface area (Å²) >= 11 is 0. The normalized spacial score (nSPS) is 12.8. The second-order valence-corrected chi connectivity index (χ2v) is 4.66. The molecule has 0 spiro atoms. The molecule has 0 bridgehead atoms. The molecule has 0 amide bonds. The lowest BCUT2D eigenvalue weighted by molar-refractivity contribution is 0.217. The van der Waals surface area contributed by atoms with E-state index in [1.54, 1.807) is 19.1 Å². The molecular weight excluding hydrogens is 231 g/mol. The van der Waals surface area contributed by atoms with Crippen LogP contribution in [0.5, 0.6) is 0 Å². The highest BCUT2D eigenvalue weighted by Gasteiger charge is 2.20. The fourth-order valence-electron chi connectivity index (χ4n) is 2.22. The quantitative estimate of drug-likeness (QED) is 0.878. The third kappa shape index (κ3) is 2.06. The van der Waals surface area contributed by atoms with Crippen molar-refractivity contribution in [1.82, 2.24) is 0 Å². The Morgan fingerprint density at radius 3 is 2.28 bits per heavy atom. The highest BCUT2D eigenvalue weighted by atomic mass is 19.1. The fourth-order valence-corrected chi connectivity index (χ4v) is 2.22. The number of halogens is 1. The van der Waals surface area contributed by atoms with Crippen LogP contribution in [0.1, 0.15) is 39.9 Å². The van der Waals surface area contributed by atoms with Gasteiger partial charge in [-0.05, 0) is 50.5 Å². The summed E-state index contributed by atoms with van der Waals surface area (Å²) in [7, 11) is 0. The smallest absolute Gasteiger partial charge is 0.126 e. The molecule has 0 aliphatic rings. The van der Waals surface area contributed by atoms with Gasteiger partial charge in [0.05, 0.1) is 0 Å². The maximum Gasteiger partial charge on any atom is 0.126 e. The fraction of sp³-hybridized carbons (Fsp3) is 0.333. The van der Waals surface area contributed by atoms with Gasteiger partial charge in [0.15, 0.2) is 0 Å². The van der Waals surface area contributed by atoms with Gasteiger partial charge < -0.3 is 9.52 Å². The molecule has 1 N–H and O–H groups in total. The molecule has 2 rings (SSSR count). The second kappa shape index (κ2) is 4.58. The van der Waals surface area contributed by atoms with Gasteiger partial charge >= 0.3 is 0 Å². The third-order valence-corrected chi connectivity index (χ3v) is 3.39. The predicted molar refractivity (Wildman–Crippen MR) is 68.1 cm³/mol. The molecule has 2 nitrogen and oxygen atoms in total. The van der Waals surface area contributed by atoms with Gasteiger partial charge in [-0.25, -0.2) is 4.39 Å². The molecule has 1 unspecified atom stereocenters. The second-order valence-electron chi connectivity index (χ2n) is 4.66. The van der Waals surface area contributed by atoms with Gasteiger partial charge in [-0.15, -0.1) is 0 Å². The van der Waals surface area contributed by atoms with E-state index in [9.17, 15) is 9.50 Å². The predicted octanol–water partition coefficient (Wildman–Crippen LogP) is 3.73. The number of hydrogen-bond donors (Lipinski definition) is 1. The highest BCUT2D eigenvalue weighted by Crippen LogP contribution is 2.31. The van der Waals surface area contributed by atoms with Crippen molar-refractivity contribution in [2.45, 2.75) is 33.8 Å². The van der Waals surface area contributed by atoms with Crippen LogP contribution in [0.4, 0.5) is 4.39 Å². The molecule has 18 heavy (non-hydrogen) atoms. The summed E-state index contributed by atoms with van der Waals surface area (Å²) in [4.78, 5) is 0. The van der Waals surface area contributed by atoms with Crippen LogP contribution in [0.25, 0.3) is 0 Å². The van der Waals surface area contributed by atoms with E-state index in [1.807, 2.05) is 20.8 Å². The van der Waals surface area contributed by atoms with Crippen molar-refractivity contribution in [3.63, 3.8) is 0 Å². The SMILES string of the molecule is Cc1cc(C(O)c2c(C)oc(C)c2C)ccc1F. The Kier molecular flexibility index (Phi) is 3.26. The molecule has 96 valence electrons. The van der Waals surface area contributed by atoms with Crippen molar-refractivity contribution in [3.8, 4) is 0 Å². The Morgan fingerprint density at radius 2 is 1.78 bits per heavy atom. The molecule has 1 heterocycles. The Hall–Kier alpha value is -1.61. The molecule has 0 fully saturated rings. The Labute approximate surface area is 106 Å². The molecule has 0 aliphatic heterocycles. The Morgan fingerprint density at radius 1 is 1.11 bits per heavy atom. The van der Waals surface area contributed by atoms with E-state index in [1.165, 1.54) is 6.07 Å². The van der Waals surface area contributed by atoms with Crippen LogP contribution in [0, 0.1) is 33.5 Å². The maximum absolute atomic E-state index is 13.2. The minimum atomic E-state index is -0.776. The summed E-state index contributed by atoms with van der Waals surface area (Å²) in [6.45, 7) is 7.30. The molecule has 2 aromatic rings. The number of rotatable bonds is 2. The number of hydrogen-bond acceptors (Lipinski definition) is 2. The lowest BCUT2D eigenvalue weighted by atomic mass is 9.97. The molecule has 1 aromatic heterocycles. The average Bonchev–Trinajstić information content (AvgIpc) is 2.56. The molecule has 0 saturated heterocycles. The average molecular weight is 248 g/mol. The van der Waals surface area contributed by atoms with Crippen LogP contribution in [0.2, 0.25) is 0 Å². The van der Waals surface area contributed by atoms with Gasteiger partial charge in [-0.1, -0.05) is 12.1 Å². The maximum atomic E-state index is 13.2. The Bertz CT molecular complexity index is 584. The van der Waals surface area contributed by atoms with Crippen molar-refractivity contribution >= 4 is 0 Å². The first-order chi connectivity index (χ1) is 8.41. The van der Waals surface area contributed by atoms with Gasteiger partial charge in [-0.2, -0.15) is 0 Å². The summed E-state index contributed by atoms with van der Waals surface area (Å²) in [5.74, 6) is 1.25. The molecule has 3 heteroatoms. The lowest BCUT2D eigenvalue weighted by Crippen LogP contribution is -2.03. The van der Waals surface area contributed by atoms with Gasteiger partial charge in [0.2, 0.25) is 0 Å². The number of aryl methyl sites for hydroxylation is 3. The van der Waals surface area contributed by atoms with Crippen LogP contribution in [0.3, 0.4) is 0 Å². The zero-order chi connectivity index (χ0) is 13.4. The van der Waals surface area contributed by atoms with Gasteiger partial charge in [0, 0.05) is 5.56 Å². The monoisotopic (exact) mass is 248 g/mol. The van der Waals surface area contributed by atoms with Crippen LogP contribution in [-0.4, -0.2) is 5.11 Å². The van der Waals surface area contributed by atoms with Crippen LogP contribution < -0.4 is 0 Å². The van der Waals surface area contributed by atoms with Crippen molar-refractivity contribution < 1.29 is 13.9 Å². The van der Waals surface area contributed by atoms with Gasteiger partial charge in [0.1, 0.15) is 23.4 Å². The van der Waals surface area contributed by atoms with E-state index in [-0.39, 0.29) is 5.82 Å². The summed E-state index contributed by atoms with van der Waals surface area (Å²) in [5, 5.41) is 10.4. The molecular formula is C15H17FO2. The third-order valence-electron chi connectivity index (χ3n) is 3.39. The van der Waals surface area contributed by atoms with E-state index < -0.39 is 6.10 Å². The van der Waals surface area contributed by atoms with Crippen molar-refractivity contribution in [1.29, 1.82) is 0 Å². The highest BCUT2D eigenvalue weighted by molar-refractivity contribution is 5.40. The summed E-state index contributed by atoms with van der Waals surface area (Å²) < 4.78 is 18.7. The van der Waals surface area contributed by atoms with Gasteiger partial charge in [-0.3, -0.25) is 0 Å². The zero-order valence-electron chi connectivity index (χ0n) is 11.0. The summed E-state index contributed by atoms with van der Waals surface area (Å²) in [6, 6.07) is 4.65. The van der Waals surface area contributed by atoms with Crippen LogP contribution in [0.15, 0.2) is 22.6 Å². The number of furan rings is 1. The topological polar surface area (TPSA) is 33.4 Å². The molecule has 1 aromatic carbocycles. The number of benzene rings is 1. The van der Waals surface area contributed by atoms with Crippen molar-refractivity contribution in [3.05, 3.63) is 57.8 Å². The zero-order valence-corrected chi connectivity index (χ0v) is 11.0. The minimum Gasteiger partial charge on any atom is -0.466 e. The van der Waals surface area contributed by atoms with Crippen molar-refractivity contribution in [2.24, 2.45) is 0 Å². The summed E-state index contributed by atoms with van der Waals surface area (Å²) in [5.41, 5.74) is 2.93. The van der Waals surface area contributed by atoms with E-state index in [4.69, 9.17) is 4.42 Å². The molecule has 0 aliphatic carbocycles. The lowest BCUT2D eigenvalue weighted by Gasteiger charge is -2.12. The largest absolute Gasteiger partial charge is 0.466 e. The van der Waals surface area contributed by atoms with E-state index in [2.05, 4.69) is 0 Å². The van der Waals surface area contributed by atoms with Crippen molar-refractivity contribution in [2.75, 3.05) is 0 Å². The Balaban J connectivity index is 2.47. The van der Waals surface area contributed by atoms with E-state index in [0.717, 1.165) is 16.9 Å². The number of aliphatic hydroxyl groups is 1. The van der Waals surface area contributed by atoms with Gasteiger partial charge in [0.25, 0.3) is 0 Å². The summed E-state index contributed by atoms with van der Waals surface area (Å²) in [6.07, 6.45) is -0.776. The first-order valence-corrected chi connectivity index (χ1v) is 5.92. The minimum absolute atomic E-state index is 0.261. The van der Waals surface area contributed by atoms with Crippen LogP contribution >= 0.6 is 0 Å². The first kappa shape index (κ1) is 12.8. The van der Waals surface area contributed by atoms with E-state index >= 15 is 0 Å². The molecule has 1 atom stereocenters.